The zero-order chi connectivity index (χ0) is 10.4. The lowest BCUT2D eigenvalue weighted by molar-refractivity contribution is 0.782. The maximum Gasteiger partial charge on any atom is 0.150 e. The second-order valence-corrected chi connectivity index (χ2v) is 3.06. The van der Waals surface area contributed by atoms with Crippen molar-refractivity contribution < 1.29 is 0 Å². The number of rotatable bonds is 4. The first-order valence-electron chi connectivity index (χ1n) is 4.93. The molecule has 1 aromatic rings. The molecule has 76 valence electrons. The van der Waals surface area contributed by atoms with Crippen molar-refractivity contribution in [3.05, 3.63) is 35.4 Å². The number of amidine groups is 1. The van der Waals surface area contributed by atoms with E-state index < -0.39 is 0 Å². The fraction of sp³-hybridized carbons (Fsp3) is 0.364. The monoisotopic (exact) mass is 191 g/mol. The third-order valence-electron chi connectivity index (χ3n) is 2.02. The van der Waals surface area contributed by atoms with Gasteiger partial charge in [-0.3, -0.25) is 0 Å². The number of hydrogen-bond acceptors (Lipinski definition) is 2. The SMILES string of the molecule is CCNN=C(N)c1ccc(CC)cc1. The van der Waals surface area contributed by atoms with Crippen molar-refractivity contribution in [3.63, 3.8) is 0 Å². The molecule has 0 fully saturated rings. The largest absolute Gasteiger partial charge is 0.382 e. The molecule has 3 heteroatoms. The number of benzene rings is 1. The van der Waals surface area contributed by atoms with E-state index in [1.165, 1.54) is 5.56 Å². The van der Waals surface area contributed by atoms with Crippen LogP contribution in [0.3, 0.4) is 0 Å². The average molecular weight is 191 g/mol. The van der Waals surface area contributed by atoms with E-state index in [1.807, 2.05) is 19.1 Å². The summed E-state index contributed by atoms with van der Waals surface area (Å²) in [6.45, 7) is 4.90. The second-order valence-electron chi connectivity index (χ2n) is 3.06. The van der Waals surface area contributed by atoms with E-state index in [4.69, 9.17) is 5.73 Å². The Balaban J connectivity index is 2.76. The smallest absolute Gasteiger partial charge is 0.150 e. The quantitative estimate of drug-likeness (QED) is 0.430. The van der Waals surface area contributed by atoms with Crippen molar-refractivity contribution in [1.82, 2.24) is 5.43 Å². The number of hydrazone groups is 1. The normalized spacial score (nSPS) is 11.4. The van der Waals surface area contributed by atoms with Gasteiger partial charge in [0.25, 0.3) is 0 Å². The number of hydrogen-bond donors (Lipinski definition) is 2. The molecule has 0 spiro atoms. The summed E-state index contributed by atoms with van der Waals surface area (Å²) in [5.74, 6) is 0.537. The molecule has 1 aromatic carbocycles. The first-order valence-corrected chi connectivity index (χ1v) is 4.93. The summed E-state index contributed by atoms with van der Waals surface area (Å²) in [6, 6.07) is 8.14. The van der Waals surface area contributed by atoms with Gasteiger partial charge in [0.05, 0.1) is 0 Å². The number of nitrogens with two attached hydrogens (primary N) is 1. The van der Waals surface area contributed by atoms with Gasteiger partial charge >= 0.3 is 0 Å². The first kappa shape index (κ1) is 10.6. The van der Waals surface area contributed by atoms with Crippen LogP contribution in [-0.4, -0.2) is 12.4 Å². The van der Waals surface area contributed by atoms with Crippen LogP contribution in [0.2, 0.25) is 0 Å². The molecule has 0 saturated carbocycles. The summed E-state index contributed by atoms with van der Waals surface area (Å²) in [5, 5.41) is 4.01. The minimum absolute atomic E-state index is 0.537. The Bertz CT molecular complexity index is 301. The first-order chi connectivity index (χ1) is 6.77. The third kappa shape index (κ3) is 2.76. The van der Waals surface area contributed by atoms with Crippen LogP contribution in [0.25, 0.3) is 0 Å². The highest BCUT2D eigenvalue weighted by molar-refractivity contribution is 5.97. The molecule has 0 aliphatic rings. The summed E-state index contributed by atoms with van der Waals surface area (Å²) < 4.78 is 0. The molecule has 3 nitrogen and oxygen atoms in total. The van der Waals surface area contributed by atoms with Gasteiger partial charge < -0.3 is 11.2 Å². The molecule has 0 saturated heterocycles. The summed E-state index contributed by atoms with van der Waals surface area (Å²) in [7, 11) is 0. The Morgan fingerprint density at radius 2 is 1.93 bits per heavy atom. The lowest BCUT2D eigenvalue weighted by Gasteiger charge is -2.02. The lowest BCUT2D eigenvalue weighted by Crippen LogP contribution is -2.18. The third-order valence-corrected chi connectivity index (χ3v) is 2.02. The molecule has 1 rings (SSSR count). The van der Waals surface area contributed by atoms with Crippen molar-refractivity contribution in [2.24, 2.45) is 10.8 Å². The summed E-state index contributed by atoms with van der Waals surface area (Å²) in [6.07, 6.45) is 1.05. The Morgan fingerprint density at radius 3 is 2.43 bits per heavy atom. The van der Waals surface area contributed by atoms with Gasteiger partial charge in [0.2, 0.25) is 0 Å². The molecular formula is C11H17N3. The molecule has 0 aliphatic heterocycles. The zero-order valence-electron chi connectivity index (χ0n) is 8.75. The average Bonchev–Trinajstić information content (AvgIpc) is 2.26. The van der Waals surface area contributed by atoms with Crippen LogP contribution < -0.4 is 11.2 Å². The van der Waals surface area contributed by atoms with Gasteiger partial charge in [0, 0.05) is 12.1 Å². The van der Waals surface area contributed by atoms with E-state index in [0.29, 0.717) is 5.84 Å². The molecule has 0 bridgehead atoms. The van der Waals surface area contributed by atoms with E-state index in [1.54, 1.807) is 0 Å². The van der Waals surface area contributed by atoms with Gasteiger partial charge in [-0.2, -0.15) is 5.10 Å². The highest BCUT2D eigenvalue weighted by atomic mass is 15.3. The molecule has 0 aromatic heterocycles. The Labute approximate surface area is 85.0 Å². The van der Waals surface area contributed by atoms with Crippen molar-refractivity contribution in [3.8, 4) is 0 Å². The zero-order valence-corrected chi connectivity index (χ0v) is 8.75. The predicted molar refractivity (Wildman–Crippen MR) is 60.2 cm³/mol. The molecule has 0 aliphatic carbocycles. The second kappa shape index (κ2) is 5.27. The van der Waals surface area contributed by atoms with Crippen LogP contribution in [-0.2, 0) is 6.42 Å². The Hall–Kier alpha value is -1.51. The maximum absolute atomic E-state index is 5.76. The van der Waals surface area contributed by atoms with Gasteiger partial charge in [-0.15, -0.1) is 0 Å². The number of aryl methyl sites for hydroxylation is 1. The molecule has 0 atom stereocenters. The van der Waals surface area contributed by atoms with Crippen LogP contribution in [0.4, 0.5) is 0 Å². The fourth-order valence-corrected chi connectivity index (χ4v) is 1.14. The van der Waals surface area contributed by atoms with Crippen LogP contribution >= 0.6 is 0 Å². The minimum atomic E-state index is 0.537. The number of nitrogens with zero attached hydrogens (tertiary/aromatic N) is 1. The van der Waals surface area contributed by atoms with E-state index >= 15 is 0 Å². The lowest BCUT2D eigenvalue weighted by atomic mass is 10.1. The van der Waals surface area contributed by atoms with Crippen molar-refractivity contribution in [1.29, 1.82) is 0 Å². The van der Waals surface area contributed by atoms with Gasteiger partial charge in [-0.1, -0.05) is 31.2 Å². The van der Waals surface area contributed by atoms with Gasteiger partial charge in [-0.25, -0.2) is 0 Å². The van der Waals surface area contributed by atoms with E-state index in [9.17, 15) is 0 Å². The maximum atomic E-state index is 5.76. The van der Waals surface area contributed by atoms with Crippen LogP contribution in [0.15, 0.2) is 29.4 Å². The predicted octanol–water partition coefficient (Wildman–Crippen LogP) is 1.48. The van der Waals surface area contributed by atoms with Crippen molar-refractivity contribution in [2.45, 2.75) is 20.3 Å². The standard InChI is InChI=1S/C11H17N3/c1-3-9-5-7-10(8-6-9)11(12)14-13-4-2/h5-8,13H,3-4H2,1-2H3,(H2,12,14). The molecular weight excluding hydrogens is 174 g/mol. The molecule has 3 N–H and O–H groups in total. The van der Waals surface area contributed by atoms with E-state index in [2.05, 4.69) is 29.6 Å². The van der Waals surface area contributed by atoms with Crippen LogP contribution in [0.5, 0.6) is 0 Å². The van der Waals surface area contributed by atoms with E-state index in [-0.39, 0.29) is 0 Å². The summed E-state index contributed by atoms with van der Waals surface area (Å²) in [4.78, 5) is 0. The van der Waals surface area contributed by atoms with Crippen LogP contribution in [0, 0.1) is 0 Å². The molecule has 0 unspecified atom stereocenters. The molecule has 0 amide bonds. The summed E-state index contributed by atoms with van der Waals surface area (Å²) in [5.41, 5.74) is 10.9. The highest BCUT2D eigenvalue weighted by Crippen LogP contribution is 2.04. The van der Waals surface area contributed by atoms with Gasteiger partial charge in [0.1, 0.15) is 0 Å². The summed E-state index contributed by atoms with van der Waals surface area (Å²) >= 11 is 0. The molecule has 0 heterocycles. The fourth-order valence-electron chi connectivity index (χ4n) is 1.14. The van der Waals surface area contributed by atoms with E-state index in [0.717, 1.165) is 18.5 Å². The molecule has 14 heavy (non-hydrogen) atoms. The Morgan fingerprint density at radius 1 is 1.29 bits per heavy atom. The molecule has 0 radical (unpaired) electrons. The number of nitrogens with one attached hydrogen (secondary N) is 1. The topological polar surface area (TPSA) is 50.4 Å². The highest BCUT2D eigenvalue weighted by Gasteiger charge is 1.97. The van der Waals surface area contributed by atoms with Crippen molar-refractivity contribution in [2.75, 3.05) is 6.54 Å². The van der Waals surface area contributed by atoms with Gasteiger partial charge in [0.15, 0.2) is 5.84 Å². The van der Waals surface area contributed by atoms with Crippen LogP contribution in [0.1, 0.15) is 25.0 Å². The van der Waals surface area contributed by atoms with Crippen molar-refractivity contribution >= 4 is 5.84 Å². The Kier molecular flexibility index (Phi) is 3.98. The minimum Gasteiger partial charge on any atom is -0.382 e. The van der Waals surface area contributed by atoms with Gasteiger partial charge in [-0.05, 0) is 18.9 Å².